The Morgan fingerprint density at radius 2 is 1.89 bits per heavy atom. The first-order valence-electron chi connectivity index (χ1n) is 5.38. The SMILES string of the molecule is Cc1ccc(Oc2ccc(F)cc2CBr)cc1F. The lowest BCUT2D eigenvalue weighted by Gasteiger charge is -2.10. The van der Waals surface area contributed by atoms with Crippen molar-refractivity contribution < 1.29 is 13.5 Å². The van der Waals surface area contributed by atoms with Crippen molar-refractivity contribution in [1.82, 2.24) is 0 Å². The van der Waals surface area contributed by atoms with Gasteiger partial charge in [0.1, 0.15) is 23.1 Å². The Labute approximate surface area is 113 Å². The van der Waals surface area contributed by atoms with Gasteiger partial charge in [-0.25, -0.2) is 8.78 Å². The molecule has 2 aromatic rings. The topological polar surface area (TPSA) is 9.23 Å². The molecule has 2 aromatic carbocycles. The van der Waals surface area contributed by atoms with Gasteiger partial charge in [-0.3, -0.25) is 0 Å². The number of halogens is 3. The molecular weight excluding hydrogens is 302 g/mol. The Bertz CT molecular complexity index is 570. The molecule has 0 unspecified atom stereocenters. The highest BCUT2D eigenvalue weighted by molar-refractivity contribution is 9.08. The molecule has 0 amide bonds. The Balaban J connectivity index is 2.30. The Kier molecular flexibility index (Phi) is 3.97. The second-order valence-electron chi connectivity index (χ2n) is 3.90. The molecule has 0 spiro atoms. The third kappa shape index (κ3) is 2.88. The monoisotopic (exact) mass is 312 g/mol. The van der Waals surface area contributed by atoms with Gasteiger partial charge >= 0.3 is 0 Å². The lowest BCUT2D eigenvalue weighted by Crippen LogP contribution is -1.92. The van der Waals surface area contributed by atoms with Gasteiger partial charge < -0.3 is 4.74 Å². The fraction of sp³-hybridized carbons (Fsp3) is 0.143. The second-order valence-corrected chi connectivity index (χ2v) is 4.46. The highest BCUT2D eigenvalue weighted by Gasteiger charge is 2.07. The molecule has 0 saturated heterocycles. The summed E-state index contributed by atoms with van der Waals surface area (Å²) >= 11 is 3.26. The minimum atomic E-state index is -0.327. The first-order chi connectivity index (χ1) is 8.60. The quantitative estimate of drug-likeness (QED) is 0.728. The molecule has 1 nitrogen and oxygen atoms in total. The van der Waals surface area contributed by atoms with Gasteiger partial charge in [-0.05, 0) is 36.8 Å². The minimum absolute atomic E-state index is 0.324. The van der Waals surface area contributed by atoms with Crippen molar-refractivity contribution in [3.8, 4) is 11.5 Å². The molecule has 0 radical (unpaired) electrons. The van der Waals surface area contributed by atoms with E-state index in [9.17, 15) is 8.78 Å². The summed E-state index contributed by atoms with van der Waals surface area (Å²) in [6, 6.07) is 8.86. The van der Waals surface area contributed by atoms with Crippen molar-refractivity contribution in [3.05, 3.63) is 59.2 Å². The van der Waals surface area contributed by atoms with Gasteiger partial charge in [-0.1, -0.05) is 22.0 Å². The number of rotatable bonds is 3. The number of benzene rings is 2. The predicted octanol–water partition coefficient (Wildman–Crippen LogP) is 4.96. The van der Waals surface area contributed by atoms with E-state index >= 15 is 0 Å². The first kappa shape index (κ1) is 13.0. The summed E-state index contributed by atoms with van der Waals surface area (Å²) in [5.74, 6) is 0.255. The van der Waals surface area contributed by atoms with Gasteiger partial charge in [-0.2, -0.15) is 0 Å². The van der Waals surface area contributed by atoms with Crippen molar-refractivity contribution in [2.24, 2.45) is 0 Å². The van der Waals surface area contributed by atoms with Crippen LogP contribution in [0.4, 0.5) is 8.78 Å². The zero-order valence-electron chi connectivity index (χ0n) is 9.71. The molecule has 4 heteroatoms. The molecule has 0 atom stereocenters. The van der Waals surface area contributed by atoms with Gasteiger partial charge in [0, 0.05) is 17.0 Å². The van der Waals surface area contributed by atoms with Crippen molar-refractivity contribution >= 4 is 15.9 Å². The lowest BCUT2D eigenvalue weighted by atomic mass is 10.2. The van der Waals surface area contributed by atoms with Crippen LogP contribution in [0.15, 0.2) is 36.4 Å². The van der Waals surface area contributed by atoms with E-state index in [1.165, 1.54) is 24.3 Å². The third-order valence-corrected chi connectivity index (χ3v) is 3.14. The predicted molar refractivity (Wildman–Crippen MR) is 70.2 cm³/mol. The smallest absolute Gasteiger partial charge is 0.131 e. The van der Waals surface area contributed by atoms with Crippen molar-refractivity contribution in [1.29, 1.82) is 0 Å². The molecule has 0 fully saturated rings. The van der Waals surface area contributed by atoms with E-state index in [1.54, 1.807) is 19.1 Å². The summed E-state index contributed by atoms with van der Waals surface area (Å²) in [6.45, 7) is 1.68. The van der Waals surface area contributed by atoms with Crippen LogP contribution in [-0.4, -0.2) is 0 Å². The summed E-state index contributed by atoms with van der Waals surface area (Å²) in [6.07, 6.45) is 0. The molecule has 0 aromatic heterocycles. The normalized spacial score (nSPS) is 10.4. The Morgan fingerprint density at radius 3 is 2.56 bits per heavy atom. The second kappa shape index (κ2) is 5.48. The summed E-state index contributed by atoms with van der Waals surface area (Å²) < 4.78 is 32.0. The number of aryl methyl sites for hydroxylation is 1. The van der Waals surface area contributed by atoms with Gasteiger partial charge in [0.15, 0.2) is 0 Å². The molecule has 0 bridgehead atoms. The van der Waals surface area contributed by atoms with Crippen molar-refractivity contribution in [2.75, 3.05) is 0 Å². The molecule has 0 aliphatic heterocycles. The Morgan fingerprint density at radius 1 is 1.11 bits per heavy atom. The highest BCUT2D eigenvalue weighted by atomic mass is 79.9. The minimum Gasteiger partial charge on any atom is -0.457 e. The summed E-state index contributed by atoms with van der Waals surface area (Å²) in [4.78, 5) is 0. The van der Waals surface area contributed by atoms with Crippen LogP contribution in [0.2, 0.25) is 0 Å². The van der Waals surface area contributed by atoms with E-state index < -0.39 is 0 Å². The standard InChI is InChI=1S/C14H11BrF2O/c1-9-2-4-12(7-13(9)17)18-14-5-3-11(16)6-10(14)8-15/h2-7H,8H2,1H3. The molecule has 2 rings (SSSR count). The van der Waals surface area contributed by atoms with Crippen LogP contribution in [0.3, 0.4) is 0 Å². The zero-order chi connectivity index (χ0) is 13.1. The molecule has 0 N–H and O–H groups in total. The molecule has 0 heterocycles. The van der Waals surface area contributed by atoms with Gasteiger partial charge in [0.2, 0.25) is 0 Å². The summed E-state index contributed by atoms with van der Waals surface area (Å²) in [5, 5.41) is 0.467. The number of ether oxygens (including phenoxy) is 1. The zero-order valence-corrected chi connectivity index (χ0v) is 11.3. The van der Waals surface area contributed by atoms with Crippen LogP contribution in [0, 0.1) is 18.6 Å². The summed E-state index contributed by atoms with van der Waals surface area (Å²) in [5.41, 5.74) is 1.23. The summed E-state index contributed by atoms with van der Waals surface area (Å²) in [7, 11) is 0. The molecule has 94 valence electrons. The van der Waals surface area contributed by atoms with Crippen LogP contribution in [-0.2, 0) is 5.33 Å². The maximum Gasteiger partial charge on any atom is 0.131 e. The van der Waals surface area contributed by atoms with Crippen LogP contribution >= 0.6 is 15.9 Å². The van der Waals surface area contributed by atoms with E-state index in [2.05, 4.69) is 15.9 Å². The Hall–Kier alpha value is -1.42. The maximum atomic E-state index is 13.4. The van der Waals surface area contributed by atoms with Crippen LogP contribution in [0.5, 0.6) is 11.5 Å². The molecule has 0 saturated carbocycles. The number of alkyl halides is 1. The highest BCUT2D eigenvalue weighted by Crippen LogP contribution is 2.28. The average Bonchev–Trinajstić information content (AvgIpc) is 2.36. The van der Waals surface area contributed by atoms with Crippen molar-refractivity contribution in [2.45, 2.75) is 12.3 Å². The van der Waals surface area contributed by atoms with E-state index in [0.29, 0.717) is 28.0 Å². The van der Waals surface area contributed by atoms with Gasteiger partial charge in [-0.15, -0.1) is 0 Å². The fourth-order valence-corrected chi connectivity index (χ4v) is 1.95. The van der Waals surface area contributed by atoms with Gasteiger partial charge in [0.25, 0.3) is 0 Å². The molecular formula is C14H11BrF2O. The van der Waals surface area contributed by atoms with Crippen LogP contribution in [0.1, 0.15) is 11.1 Å². The lowest BCUT2D eigenvalue weighted by molar-refractivity contribution is 0.470. The molecule has 18 heavy (non-hydrogen) atoms. The number of hydrogen-bond donors (Lipinski definition) is 0. The average molecular weight is 313 g/mol. The van der Waals surface area contributed by atoms with Crippen LogP contribution in [0.25, 0.3) is 0 Å². The third-order valence-electron chi connectivity index (χ3n) is 2.54. The number of hydrogen-bond acceptors (Lipinski definition) is 1. The largest absolute Gasteiger partial charge is 0.457 e. The first-order valence-corrected chi connectivity index (χ1v) is 6.50. The van der Waals surface area contributed by atoms with E-state index in [4.69, 9.17) is 4.74 Å². The van der Waals surface area contributed by atoms with Crippen molar-refractivity contribution in [3.63, 3.8) is 0 Å². The maximum absolute atomic E-state index is 13.4. The van der Waals surface area contributed by atoms with Crippen LogP contribution < -0.4 is 4.74 Å². The van der Waals surface area contributed by atoms with E-state index in [-0.39, 0.29) is 11.6 Å². The van der Waals surface area contributed by atoms with E-state index in [0.717, 1.165) is 0 Å². The van der Waals surface area contributed by atoms with E-state index in [1.807, 2.05) is 0 Å². The molecule has 0 aliphatic rings. The van der Waals surface area contributed by atoms with Gasteiger partial charge in [0.05, 0.1) is 0 Å². The molecule has 0 aliphatic carbocycles. The fourth-order valence-electron chi connectivity index (χ4n) is 1.52.